The largest absolute Gasteiger partial charge is 0.347 e. The fraction of sp³-hybridized carbons (Fsp3) is 0.750. The first kappa shape index (κ1) is 17.4. The van der Waals surface area contributed by atoms with E-state index < -0.39 is 0 Å². The highest BCUT2D eigenvalue weighted by Gasteiger charge is 2.27. The third kappa shape index (κ3) is 5.33. The lowest BCUT2D eigenvalue weighted by Crippen LogP contribution is -2.44. The molecule has 0 radical (unpaired) electrons. The number of piperidine rings is 1. The van der Waals surface area contributed by atoms with Gasteiger partial charge in [-0.2, -0.15) is 5.10 Å². The van der Waals surface area contributed by atoms with Crippen molar-refractivity contribution in [3.63, 3.8) is 0 Å². The number of carbonyl (C=O) groups excluding carboxylic acids is 2. The van der Waals surface area contributed by atoms with E-state index in [1.165, 1.54) is 0 Å². The molecular formula is C16H27N5O2. The van der Waals surface area contributed by atoms with Gasteiger partial charge in [-0.3, -0.25) is 14.7 Å². The molecule has 1 aliphatic rings. The number of hydrogen-bond donors (Lipinski definition) is 2. The number of carbonyl (C=O) groups is 2. The van der Waals surface area contributed by atoms with Gasteiger partial charge in [-0.05, 0) is 32.1 Å². The molecule has 0 aromatic carbocycles. The molecule has 0 aliphatic carbocycles. The number of hydrogen-bond acceptors (Lipinski definition) is 4. The molecule has 1 aliphatic heterocycles. The van der Waals surface area contributed by atoms with Crippen LogP contribution in [0.1, 0.15) is 57.1 Å². The number of nitrogens with zero attached hydrogens (tertiary/aromatic N) is 3. The maximum absolute atomic E-state index is 12.3. The number of rotatable bonds is 6. The van der Waals surface area contributed by atoms with E-state index in [0.717, 1.165) is 37.5 Å². The van der Waals surface area contributed by atoms with Gasteiger partial charge in [-0.15, -0.1) is 0 Å². The molecule has 23 heavy (non-hydrogen) atoms. The monoisotopic (exact) mass is 321 g/mol. The van der Waals surface area contributed by atoms with Gasteiger partial charge in [0.1, 0.15) is 5.82 Å². The van der Waals surface area contributed by atoms with Crippen molar-refractivity contribution in [2.24, 2.45) is 5.92 Å². The summed E-state index contributed by atoms with van der Waals surface area (Å²) in [5.74, 6) is 2.16. The van der Waals surface area contributed by atoms with E-state index in [1.54, 1.807) is 0 Å². The highest BCUT2D eigenvalue weighted by Crippen LogP contribution is 2.24. The third-order valence-corrected chi connectivity index (χ3v) is 4.14. The zero-order valence-electron chi connectivity index (χ0n) is 14.3. The first-order chi connectivity index (χ1) is 11.0. The van der Waals surface area contributed by atoms with Crippen LogP contribution < -0.4 is 5.32 Å². The molecule has 0 spiro atoms. The smallest absolute Gasteiger partial charge is 0.241 e. The summed E-state index contributed by atoms with van der Waals surface area (Å²) in [6.45, 7) is 7.47. The predicted molar refractivity (Wildman–Crippen MR) is 86.8 cm³/mol. The van der Waals surface area contributed by atoms with E-state index in [-0.39, 0.29) is 24.3 Å². The summed E-state index contributed by atoms with van der Waals surface area (Å²) in [7, 11) is 0. The Bertz CT molecular complexity index is 540. The van der Waals surface area contributed by atoms with Crippen LogP contribution in [-0.4, -0.2) is 51.5 Å². The summed E-state index contributed by atoms with van der Waals surface area (Å²) < 4.78 is 0. The Kier molecular flexibility index (Phi) is 6.12. The van der Waals surface area contributed by atoms with Crippen molar-refractivity contribution in [1.29, 1.82) is 0 Å². The van der Waals surface area contributed by atoms with Crippen molar-refractivity contribution in [3.8, 4) is 0 Å². The minimum atomic E-state index is -0.0507. The Morgan fingerprint density at radius 1 is 1.43 bits per heavy atom. The predicted octanol–water partition coefficient (Wildman–Crippen LogP) is 1.37. The average Bonchev–Trinajstić information content (AvgIpc) is 2.97. The minimum Gasteiger partial charge on any atom is -0.347 e. The maximum atomic E-state index is 12.3. The second kappa shape index (κ2) is 8.08. The molecule has 1 saturated heterocycles. The van der Waals surface area contributed by atoms with Crippen LogP contribution >= 0.6 is 0 Å². The minimum absolute atomic E-state index is 0.0279. The van der Waals surface area contributed by atoms with Crippen LogP contribution in [0.15, 0.2) is 0 Å². The van der Waals surface area contributed by atoms with Crippen LogP contribution in [0, 0.1) is 12.8 Å². The van der Waals surface area contributed by atoms with Crippen LogP contribution in [0.3, 0.4) is 0 Å². The molecule has 128 valence electrons. The van der Waals surface area contributed by atoms with E-state index in [2.05, 4.69) is 34.3 Å². The number of H-pyrrole nitrogens is 1. The SMILES string of the molecule is Cc1nc(C2CCCN(C(=O)CNC(=O)CCC(C)C)C2)n[nH]1. The third-order valence-electron chi connectivity index (χ3n) is 4.14. The Hall–Kier alpha value is -1.92. The highest BCUT2D eigenvalue weighted by molar-refractivity contribution is 5.84. The first-order valence-corrected chi connectivity index (χ1v) is 8.39. The van der Waals surface area contributed by atoms with E-state index >= 15 is 0 Å². The molecule has 2 rings (SSSR count). The van der Waals surface area contributed by atoms with Crippen molar-refractivity contribution in [2.45, 2.75) is 52.4 Å². The van der Waals surface area contributed by atoms with Crippen LogP contribution in [-0.2, 0) is 9.59 Å². The second-order valence-electron chi connectivity index (χ2n) is 6.67. The van der Waals surface area contributed by atoms with E-state index in [0.29, 0.717) is 18.9 Å². The normalized spacial score (nSPS) is 18.3. The number of nitrogens with one attached hydrogen (secondary N) is 2. The lowest BCUT2D eigenvalue weighted by atomic mass is 9.97. The lowest BCUT2D eigenvalue weighted by Gasteiger charge is -2.31. The molecule has 1 unspecified atom stereocenters. The summed E-state index contributed by atoms with van der Waals surface area (Å²) in [5.41, 5.74) is 0. The van der Waals surface area contributed by atoms with Crippen molar-refractivity contribution < 1.29 is 9.59 Å². The van der Waals surface area contributed by atoms with Gasteiger partial charge in [0.25, 0.3) is 0 Å². The zero-order chi connectivity index (χ0) is 16.8. The van der Waals surface area contributed by atoms with Gasteiger partial charge < -0.3 is 10.2 Å². The number of likely N-dealkylation sites (tertiary alicyclic amines) is 1. The van der Waals surface area contributed by atoms with Crippen molar-refractivity contribution in [3.05, 3.63) is 11.6 Å². The summed E-state index contributed by atoms with van der Waals surface area (Å²) in [6.07, 6.45) is 3.24. The Morgan fingerprint density at radius 3 is 2.87 bits per heavy atom. The summed E-state index contributed by atoms with van der Waals surface area (Å²) in [5, 5.41) is 9.78. The second-order valence-corrected chi connectivity index (χ2v) is 6.67. The first-order valence-electron chi connectivity index (χ1n) is 8.39. The van der Waals surface area contributed by atoms with Crippen molar-refractivity contribution in [1.82, 2.24) is 25.4 Å². The van der Waals surface area contributed by atoms with Gasteiger partial charge >= 0.3 is 0 Å². The maximum Gasteiger partial charge on any atom is 0.241 e. The van der Waals surface area contributed by atoms with Gasteiger partial charge in [0.15, 0.2) is 5.82 Å². The standard InChI is InChI=1S/C16H27N5O2/c1-11(2)6-7-14(22)17-9-15(23)21-8-4-5-13(10-21)16-18-12(3)19-20-16/h11,13H,4-10H2,1-3H3,(H,17,22)(H,18,19,20). The molecule has 1 atom stereocenters. The summed E-state index contributed by atoms with van der Waals surface area (Å²) in [6, 6.07) is 0. The van der Waals surface area contributed by atoms with Gasteiger partial charge in [0.05, 0.1) is 6.54 Å². The molecule has 2 N–H and O–H groups in total. The molecule has 1 aromatic heterocycles. The van der Waals surface area contributed by atoms with Gasteiger partial charge in [-0.25, -0.2) is 4.98 Å². The Morgan fingerprint density at radius 2 is 2.22 bits per heavy atom. The number of aromatic nitrogens is 3. The van der Waals surface area contributed by atoms with Crippen molar-refractivity contribution in [2.75, 3.05) is 19.6 Å². The van der Waals surface area contributed by atoms with Crippen LogP contribution in [0.5, 0.6) is 0 Å². The van der Waals surface area contributed by atoms with E-state index in [1.807, 2.05) is 11.8 Å². The molecule has 0 saturated carbocycles. The Labute approximate surface area is 137 Å². The highest BCUT2D eigenvalue weighted by atomic mass is 16.2. The molecule has 7 heteroatoms. The van der Waals surface area contributed by atoms with Crippen LogP contribution in [0.4, 0.5) is 0 Å². The van der Waals surface area contributed by atoms with Gasteiger partial charge in [0, 0.05) is 25.4 Å². The fourth-order valence-corrected chi connectivity index (χ4v) is 2.75. The number of aryl methyl sites for hydroxylation is 1. The Balaban J connectivity index is 1.79. The van der Waals surface area contributed by atoms with Gasteiger partial charge in [-0.1, -0.05) is 13.8 Å². The molecule has 2 heterocycles. The molecule has 7 nitrogen and oxygen atoms in total. The molecule has 2 amide bonds. The topological polar surface area (TPSA) is 91.0 Å². The number of aromatic amines is 1. The van der Waals surface area contributed by atoms with Crippen molar-refractivity contribution >= 4 is 11.8 Å². The average molecular weight is 321 g/mol. The molecule has 1 fully saturated rings. The number of amides is 2. The molecule has 0 bridgehead atoms. The molecular weight excluding hydrogens is 294 g/mol. The summed E-state index contributed by atoms with van der Waals surface area (Å²) >= 11 is 0. The zero-order valence-corrected chi connectivity index (χ0v) is 14.3. The lowest BCUT2D eigenvalue weighted by molar-refractivity contribution is -0.134. The fourth-order valence-electron chi connectivity index (χ4n) is 2.75. The molecule has 1 aromatic rings. The summed E-state index contributed by atoms with van der Waals surface area (Å²) in [4.78, 5) is 30.2. The van der Waals surface area contributed by atoms with E-state index in [9.17, 15) is 9.59 Å². The van der Waals surface area contributed by atoms with Crippen LogP contribution in [0.2, 0.25) is 0 Å². The van der Waals surface area contributed by atoms with Gasteiger partial charge in [0.2, 0.25) is 11.8 Å². The van der Waals surface area contributed by atoms with E-state index in [4.69, 9.17) is 0 Å². The van der Waals surface area contributed by atoms with Crippen LogP contribution in [0.25, 0.3) is 0 Å². The quantitative estimate of drug-likeness (QED) is 0.828.